The lowest BCUT2D eigenvalue weighted by molar-refractivity contribution is 0.100. The number of thiocarbonyl (C=S) groups is 1. The average Bonchev–Trinajstić information content (AvgIpc) is 2.39. The predicted molar refractivity (Wildman–Crippen MR) is 86.3 cm³/mol. The zero-order valence-corrected chi connectivity index (χ0v) is 12.0. The molecule has 0 unspecified atom stereocenters. The number of anilines is 2. The van der Waals surface area contributed by atoms with E-state index in [-0.39, 0.29) is 0 Å². The summed E-state index contributed by atoms with van der Waals surface area (Å²) in [7, 11) is 0. The van der Waals surface area contributed by atoms with Crippen molar-refractivity contribution >= 4 is 46.2 Å². The summed E-state index contributed by atoms with van der Waals surface area (Å²) in [6.45, 7) is 0. The molecule has 0 spiro atoms. The molecule has 0 aliphatic heterocycles. The van der Waals surface area contributed by atoms with E-state index in [4.69, 9.17) is 29.6 Å². The molecule has 0 saturated carbocycles. The molecule has 0 aromatic heterocycles. The van der Waals surface area contributed by atoms with Gasteiger partial charge in [0.2, 0.25) is 5.91 Å². The van der Waals surface area contributed by atoms with Crippen molar-refractivity contribution in [1.82, 2.24) is 0 Å². The van der Waals surface area contributed by atoms with Gasteiger partial charge in [0.05, 0.1) is 0 Å². The highest BCUT2D eigenvalue weighted by molar-refractivity contribution is 7.80. The Labute approximate surface area is 126 Å². The third kappa shape index (κ3) is 3.94. The molecule has 2 aromatic rings. The number of carbonyl (C=O) groups is 1. The van der Waals surface area contributed by atoms with Crippen molar-refractivity contribution in [2.45, 2.75) is 0 Å². The molecular weight excluding hydrogens is 294 g/mol. The summed E-state index contributed by atoms with van der Waals surface area (Å²) in [4.78, 5) is 11.0. The zero-order chi connectivity index (χ0) is 14.5. The number of nitrogens with two attached hydrogens (primary N) is 1. The molecule has 6 heteroatoms. The Hall–Kier alpha value is -2.11. The van der Waals surface area contributed by atoms with Gasteiger partial charge in [0.1, 0.15) is 0 Å². The van der Waals surface area contributed by atoms with Crippen LogP contribution in [0.2, 0.25) is 5.02 Å². The van der Waals surface area contributed by atoms with Crippen LogP contribution >= 0.6 is 23.8 Å². The van der Waals surface area contributed by atoms with Gasteiger partial charge in [-0.1, -0.05) is 17.7 Å². The van der Waals surface area contributed by atoms with E-state index in [0.717, 1.165) is 11.4 Å². The van der Waals surface area contributed by atoms with Gasteiger partial charge < -0.3 is 16.4 Å². The average molecular weight is 306 g/mol. The SMILES string of the molecule is NC(=O)c1ccc(NC(=S)Nc2cccc(Cl)c2)cc1. The van der Waals surface area contributed by atoms with Gasteiger partial charge in [0.15, 0.2) is 5.11 Å². The smallest absolute Gasteiger partial charge is 0.248 e. The van der Waals surface area contributed by atoms with Crippen molar-refractivity contribution in [3.63, 3.8) is 0 Å². The molecule has 0 fully saturated rings. The summed E-state index contributed by atoms with van der Waals surface area (Å²) < 4.78 is 0. The first-order valence-corrected chi connectivity index (χ1v) is 6.56. The van der Waals surface area contributed by atoms with E-state index in [0.29, 0.717) is 15.7 Å². The van der Waals surface area contributed by atoms with Crippen molar-refractivity contribution in [2.24, 2.45) is 5.73 Å². The topological polar surface area (TPSA) is 67.2 Å². The van der Waals surface area contributed by atoms with Gasteiger partial charge in [0, 0.05) is 22.0 Å². The fourth-order valence-corrected chi connectivity index (χ4v) is 2.00. The molecule has 1 amide bonds. The second-order valence-electron chi connectivity index (χ2n) is 4.03. The summed E-state index contributed by atoms with van der Waals surface area (Å²) in [5, 5.41) is 7.07. The van der Waals surface area contributed by atoms with Crippen LogP contribution in [0.1, 0.15) is 10.4 Å². The van der Waals surface area contributed by atoms with Gasteiger partial charge in [0.25, 0.3) is 0 Å². The predicted octanol–water partition coefficient (Wildman–Crippen LogP) is 3.25. The molecule has 0 aliphatic rings. The molecule has 2 aromatic carbocycles. The van der Waals surface area contributed by atoms with E-state index < -0.39 is 5.91 Å². The largest absolute Gasteiger partial charge is 0.366 e. The highest BCUT2D eigenvalue weighted by Gasteiger charge is 2.02. The number of amides is 1. The van der Waals surface area contributed by atoms with Gasteiger partial charge in [-0.25, -0.2) is 0 Å². The highest BCUT2D eigenvalue weighted by atomic mass is 35.5. The quantitative estimate of drug-likeness (QED) is 0.762. The monoisotopic (exact) mass is 305 g/mol. The van der Waals surface area contributed by atoms with E-state index in [2.05, 4.69) is 10.6 Å². The van der Waals surface area contributed by atoms with Crippen molar-refractivity contribution in [2.75, 3.05) is 10.6 Å². The minimum Gasteiger partial charge on any atom is -0.366 e. The summed E-state index contributed by atoms with van der Waals surface area (Å²) in [5.74, 6) is -0.462. The third-order valence-corrected chi connectivity index (χ3v) is 2.95. The Morgan fingerprint density at radius 1 is 1.05 bits per heavy atom. The number of carbonyl (C=O) groups excluding carboxylic acids is 1. The third-order valence-electron chi connectivity index (χ3n) is 2.51. The van der Waals surface area contributed by atoms with Crippen LogP contribution in [-0.4, -0.2) is 11.0 Å². The molecule has 20 heavy (non-hydrogen) atoms. The highest BCUT2D eigenvalue weighted by Crippen LogP contribution is 2.15. The molecule has 0 heterocycles. The summed E-state index contributed by atoms with van der Waals surface area (Å²) in [6, 6.07) is 14.0. The van der Waals surface area contributed by atoms with Crippen LogP contribution in [0.4, 0.5) is 11.4 Å². The standard InChI is InChI=1S/C14H12ClN3OS/c15-10-2-1-3-12(8-10)18-14(20)17-11-6-4-9(5-7-11)13(16)19/h1-8H,(H2,16,19)(H2,17,18,20). The Morgan fingerprint density at radius 3 is 2.30 bits per heavy atom. The lowest BCUT2D eigenvalue weighted by atomic mass is 10.2. The van der Waals surface area contributed by atoms with Crippen LogP contribution in [0.5, 0.6) is 0 Å². The van der Waals surface area contributed by atoms with Crippen LogP contribution in [0.3, 0.4) is 0 Å². The minimum absolute atomic E-state index is 0.430. The molecule has 2 rings (SSSR count). The number of rotatable bonds is 3. The maximum Gasteiger partial charge on any atom is 0.248 e. The molecule has 4 N–H and O–H groups in total. The number of hydrogen-bond donors (Lipinski definition) is 3. The molecule has 102 valence electrons. The Balaban J connectivity index is 1.99. The number of nitrogens with one attached hydrogen (secondary N) is 2. The fraction of sp³-hybridized carbons (Fsp3) is 0. The van der Waals surface area contributed by atoms with Gasteiger partial charge in [-0.05, 0) is 54.7 Å². The number of halogens is 1. The first kappa shape index (κ1) is 14.3. The van der Waals surface area contributed by atoms with Crippen molar-refractivity contribution in [1.29, 1.82) is 0 Å². The van der Waals surface area contributed by atoms with Gasteiger partial charge in [-0.2, -0.15) is 0 Å². The Morgan fingerprint density at radius 2 is 1.70 bits per heavy atom. The van der Waals surface area contributed by atoms with Crippen molar-refractivity contribution in [3.05, 3.63) is 59.1 Å². The fourth-order valence-electron chi connectivity index (χ4n) is 1.58. The lowest BCUT2D eigenvalue weighted by Gasteiger charge is -2.11. The number of benzene rings is 2. The maximum atomic E-state index is 11.0. The summed E-state index contributed by atoms with van der Waals surface area (Å²) >= 11 is 11.1. The molecule has 4 nitrogen and oxygen atoms in total. The second-order valence-corrected chi connectivity index (χ2v) is 4.88. The zero-order valence-electron chi connectivity index (χ0n) is 10.4. The minimum atomic E-state index is -0.462. The van der Waals surface area contributed by atoms with Crippen LogP contribution < -0.4 is 16.4 Å². The normalized spacial score (nSPS) is 9.85. The summed E-state index contributed by atoms with van der Waals surface area (Å²) in [6.07, 6.45) is 0. The van der Waals surface area contributed by atoms with Gasteiger partial charge in [-0.3, -0.25) is 4.79 Å². The van der Waals surface area contributed by atoms with Crippen LogP contribution in [-0.2, 0) is 0 Å². The number of hydrogen-bond acceptors (Lipinski definition) is 2. The van der Waals surface area contributed by atoms with Crippen molar-refractivity contribution in [3.8, 4) is 0 Å². The first-order chi connectivity index (χ1) is 9.54. The first-order valence-electron chi connectivity index (χ1n) is 5.78. The number of primary amides is 1. The summed E-state index contributed by atoms with van der Waals surface area (Å²) in [5.41, 5.74) is 7.17. The second kappa shape index (κ2) is 6.36. The Bertz CT molecular complexity index is 643. The molecule has 0 bridgehead atoms. The van der Waals surface area contributed by atoms with Gasteiger partial charge >= 0.3 is 0 Å². The maximum absolute atomic E-state index is 11.0. The molecular formula is C14H12ClN3OS. The molecule has 0 aliphatic carbocycles. The Kier molecular flexibility index (Phi) is 4.55. The van der Waals surface area contributed by atoms with E-state index in [1.54, 1.807) is 36.4 Å². The van der Waals surface area contributed by atoms with E-state index in [9.17, 15) is 4.79 Å². The van der Waals surface area contributed by atoms with E-state index in [1.165, 1.54) is 0 Å². The molecule has 0 saturated heterocycles. The van der Waals surface area contributed by atoms with E-state index >= 15 is 0 Å². The van der Waals surface area contributed by atoms with Crippen LogP contribution in [0.15, 0.2) is 48.5 Å². The molecule has 0 radical (unpaired) electrons. The van der Waals surface area contributed by atoms with Gasteiger partial charge in [-0.15, -0.1) is 0 Å². The van der Waals surface area contributed by atoms with Crippen LogP contribution in [0.25, 0.3) is 0 Å². The molecule has 0 atom stereocenters. The van der Waals surface area contributed by atoms with E-state index in [1.807, 2.05) is 12.1 Å². The van der Waals surface area contributed by atoms with Crippen molar-refractivity contribution < 1.29 is 4.79 Å². The lowest BCUT2D eigenvalue weighted by Crippen LogP contribution is -2.19. The van der Waals surface area contributed by atoms with Crippen LogP contribution in [0, 0.1) is 0 Å².